The Hall–Kier alpha value is -0.0800. The summed E-state index contributed by atoms with van der Waals surface area (Å²) < 4.78 is 5.36. The Balaban J connectivity index is 2.16. The van der Waals surface area contributed by atoms with E-state index in [0.717, 1.165) is 37.9 Å². The summed E-state index contributed by atoms with van der Waals surface area (Å²) in [5, 5.41) is 0. The highest BCUT2D eigenvalue weighted by Gasteiger charge is 2.25. The maximum atomic E-state index is 6.29. The van der Waals surface area contributed by atoms with Gasteiger partial charge in [0.05, 0.1) is 0 Å². The molecule has 1 rings (SSSR count). The Bertz CT molecular complexity index is 172. The molecule has 3 atom stereocenters. The molecule has 3 unspecified atom stereocenters. The standard InChI is InChI=1S/C14H29NO/c1-3-12-7-5-8-13(11-12)14(15)9-6-10-16-4-2/h12-14H,3-11,15H2,1-2H3. The van der Waals surface area contributed by atoms with Gasteiger partial charge >= 0.3 is 0 Å². The van der Waals surface area contributed by atoms with Crippen LogP contribution in [0, 0.1) is 11.8 Å². The van der Waals surface area contributed by atoms with E-state index in [4.69, 9.17) is 10.5 Å². The van der Waals surface area contributed by atoms with E-state index in [9.17, 15) is 0 Å². The van der Waals surface area contributed by atoms with Crippen LogP contribution >= 0.6 is 0 Å². The van der Waals surface area contributed by atoms with E-state index >= 15 is 0 Å². The average molecular weight is 227 g/mol. The third-order valence-electron chi connectivity index (χ3n) is 4.04. The largest absolute Gasteiger partial charge is 0.382 e. The molecule has 0 bridgehead atoms. The Morgan fingerprint density at radius 3 is 2.81 bits per heavy atom. The minimum absolute atomic E-state index is 0.412. The highest BCUT2D eigenvalue weighted by Crippen LogP contribution is 2.33. The Morgan fingerprint density at radius 1 is 1.31 bits per heavy atom. The molecule has 0 spiro atoms. The molecule has 2 nitrogen and oxygen atoms in total. The number of hydrogen-bond donors (Lipinski definition) is 1. The van der Waals surface area contributed by atoms with Crippen molar-refractivity contribution in [3.8, 4) is 0 Å². The highest BCUT2D eigenvalue weighted by atomic mass is 16.5. The van der Waals surface area contributed by atoms with Gasteiger partial charge in [0.15, 0.2) is 0 Å². The topological polar surface area (TPSA) is 35.2 Å². The minimum Gasteiger partial charge on any atom is -0.382 e. The average Bonchev–Trinajstić information content (AvgIpc) is 2.34. The van der Waals surface area contributed by atoms with Crippen LogP contribution in [0.15, 0.2) is 0 Å². The van der Waals surface area contributed by atoms with Crippen LogP contribution in [0.4, 0.5) is 0 Å². The zero-order valence-electron chi connectivity index (χ0n) is 11.1. The van der Waals surface area contributed by atoms with Crippen LogP contribution in [0.25, 0.3) is 0 Å². The third-order valence-corrected chi connectivity index (χ3v) is 4.04. The summed E-state index contributed by atoms with van der Waals surface area (Å²) in [6.45, 7) is 6.07. The van der Waals surface area contributed by atoms with Crippen molar-refractivity contribution in [1.82, 2.24) is 0 Å². The molecular formula is C14H29NO. The second-order valence-corrected chi connectivity index (χ2v) is 5.20. The van der Waals surface area contributed by atoms with E-state index in [1.807, 2.05) is 6.92 Å². The molecule has 1 aliphatic rings. The second kappa shape index (κ2) is 8.08. The molecule has 1 aliphatic carbocycles. The molecule has 0 amide bonds. The summed E-state index contributed by atoms with van der Waals surface area (Å²) in [6, 6.07) is 0.412. The van der Waals surface area contributed by atoms with Crippen LogP contribution in [-0.4, -0.2) is 19.3 Å². The Kier molecular flexibility index (Phi) is 7.06. The first-order valence-electron chi connectivity index (χ1n) is 7.11. The molecule has 0 radical (unpaired) electrons. The lowest BCUT2D eigenvalue weighted by Gasteiger charge is -2.32. The molecule has 1 fully saturated rings. The predicted octanol–water partition coefficient (Wildman–Crippen LogP) is 3.35. The smallest absolute Gasteiger partial charge is 0.0466 e. The molecule has 0 heterocycles. The van der Waals surface area contributed by atoms with Gasteiger partial charge in [-0.25, -0.2) is 0 Å². The summed E-state index contributed by atoms with van der Waals surface area (Å²) in [7, 11) is 0. The Morgan fingerprint density at radius 2 is 2.12 bits per heavy atom. The monoisotopic (exact) mass is 227 g/mol. The lowest BCUT2D eigenvalue weighted by atomic mass is 9.76. The first kappa shape index (κ1) is 14.0. The third kappa shape index (κ3) is 4.84. The van der Waals surface area contributed by atoms with Crippen molar-refractivity contribution >= 4 is 0 Å². The van der Waals surface area contributed by atoms with E-state index in [-0.39, 0.29) is 0 Å². The van der Waals surface area contributed by atoms with E-state index in [1.54, 1.807) is 0 Å². The maximum absolute atomic E-state index is 6.29. The molecule has 0 aromatic carbocycles. The second-order valence-electron chi connectivity index (χ2n) is 5.20. The number of nitrogens with two attached hydrogens (primary N) is 1. The van der Waals surface area contributed by atoms with Crippen molar-refractivity contribution in [3.05, 3.63) is 0 Å². The first-order chi connectivity index (χ1) is 7.77. The van der Waals surface area contributed by atoms with Crippen molar-refractivity contribution in [3.63, 3.8) is 0 Å². The van der Waals surface area contributed by atoms with E-state index in [2.05, 4.69) is 6.92 Å². The van der Waals surface area contributed by atoms with Gasteiger partial charge in [-0.15, -0.1) is 0 Å². The lowest BCUT2D eigenvalue weighted by Crippen LogP contribution is -2.34. The number of hydrogen-bond acceptors (Lipinski definition) is 2. The first-order valence-corrected chi connectivity index (χ1v) is 7.11. The fraction of sp³-hybridized carbons (Fsp3) is 1.00. The van der Waals surface area contributed by atoms with Crippen LogP contribution in [0.3, 0.4) is 0 Å². The van der Waals surface area contributed by atoms with Gasteiger partial charge in [-0.2, -0.15) is 0 Å². The van der Waals surface area contributed by atoms with E-state index in [1.165, 1.54) is 32.1 Å². The van der Waals surface area contributed by atoms with E-state index in [0.29, 0.717) is 6.04 Å². The molecule has 2 heteroatoms. The quantitative estimate of drug-likeness (QED) is 0.677. The molecule has 96 valence electrons. The molecule has 0 aliphatic heterocycles. The fourth-order valence-electron chi connectivity index (χ4n) is 2.89. The molecule has 2 N–H and O–H groups in total. The summed E-state index contributed by atoms with van der Waals surface area (Å²) in [6.07, 6.45) is 9.14. The van der Waals surface area contributed by atoms with Crippen molar-refractivity contribution in [1.29, 1.82) is 0 Å². The normalized spacial score (nSPS) is 27.9. The highest BCUT2D eigenvalue weighted by molar-refractivity contribution is 4.80. The molecule has 0 aromatic rings. The number of ether oxygens (including phenoxy) is 1. The molecule has 1 saturated carbocycles. The fourth-order valence-corrected chi connectivity index (χ4v) is 2.89. The van der Waals surface area contributed by atoms with Gasteiger partial charge < -0.3 is 10.5 Å². The zero-order chi connectivity index (χ0) is 11.8. The maximum Gasteiger partial charge on any atom is 0.0466 e. The van der Waals surface area contributed by atoms with Crippen molar-refractivity contribution in [2.45, 2.75) is 64.8 Å². The Labute approximate surface area is 101 Å². The van der Waals surface area contributed by atoms with Gasteiger partial charge in [-0.1, -0.05) is 26.2 Å². The van der Waals surface area contributed by atoms with Crippen molar-refractivity contribution < 1.29 is 4.74 Å². The summed E-state index contributed by atoms with van der Waals surface area (Å²) >= 11 is 0. The summed E-state index contributed by atoms with van der Waals surface area (Å²) in [4.78, 5) is 0. The van der Waals surface area contributed by atoms with E-state index < -0.39 is 0 Å². The van der Waals surface area contributed by atoms with Gasteiger partial charge in [0.25, 0.3) is 0 Å². The summed E-state index contributed by atoms with van der Waals surface area (Å²) in [5.74, 6) is 1.72. The molecular weight excluding hydrogens is 198 g/mol. The van der Waals surface area contributed by atoms with Gasteiger partial charge in [0.1, 0.15) is 0 Å². The van der Waals surface area contributed by atoms with Crippen LogP contribution < -0.4 is 5.73 Å². The van der Waals surface area contributed by atoms with Crippen molar-refractivity contribution in [2.24, 2.45) is 17.6 Å². The van der Waals surface area contributed by atoms with Crippen molar-refractivity contribution in [2.75, 3.05) is 13.2 Å². The molecule has 0 aromatic heterocycles. The number of rotatable bonds is 7. The van der Waals surface area contributed by atoms with Crippen LogP contribution in [0.1, 0.15) is 58.8 Å². The lowest BCUT2D eigenvalue weighted by molar-refractivity contribution is 0.136. The predicted molar refractivity (Wildman–Crippen MR) is 69.4 cm³/mol. The minimum atomic E-state index is 0.412. The summed E-state index contributed by atoms with van der Waals surface area (Å²) in [5.41, 5.74) is 6.29. The van der Waals surface area contributed by atoms with Gasteiger partial charge in [-0.3, -0.25) is 0 Å². The molecule has 16 heavy (non-hydrogen) atoms. The molecule has 0 saturated heterocycles. The van der Waals surface area contributed by atoms with Gasteiger partial charge in [0, 0.05) is 19.3 Å². The van der Waals surface area contributed by atoms with Crippen LogP contribution in [-0.2, 0) is 4.74 Å². The van der Waals surface area contributed by atoms with Crippen LogP contribution in [0.5, 0.6) is 0 Å². The van der Waals surface area contributed by atoms with Crippen LogP contribution in [0.2, 0.25) is 0 Å². The SMILES string of the molecule is CCOCCCC(N)C1CCCC(CC)C1. The van der Waals surface area contributed by atoms with Gasteiger partial charge in [0.2, 0.25) is 0 Å². The van der Waals surface area contributed by atoms with Gasteiger partial charge in [-0.05, 0) is 44.4 Å². The zero-order valence-corrected chi connectivity index (χ0v) is 11.1.